The molecule has 0 N–H and O–H groups in total. The summed E-state index contributed by atoms with van der Waals surface area (Å²) in [5.41, 5.74) is 0.264. The van der Waals surface area contributed by atoms with Crippen molar-refractivity contribution in [2.24, 2.45) is 0 Å². The maximum absolute atomic E-state index is 13.5. The molecule has 3 nitrogen and oxygen atoms in total. The zero-order valence-electron chi connectivity index (χ0n) is 9.36. The van der Waals surface area contributed by atoms with Crippen LogP contribution in [0.15, 0.2) is 35.4 Å². The minimum atomic E-state index is -0.356. The van der Waals surface area contributed by atoms with E-state index in [1.165, 1.54) is 22.8 Å². The van der Waals surface area contributed by atoms with E-state index < -0.39 is 0 Å². The maximum atomic E-state index is 13.5. The largest absolute Gasteiger partial charge is 0.328 e. The quantitative estimate of drug-likeness (QED) is 0.827. The van der Waals surface area contributed by atoms with Crippen LogP contribution < -0.4 is 5.69 Å². The number of rotatable bonds is 3. The van der Waals surface area contributed by atoms with Crippen molar-refractivity contribution in [3.05, 3.63) is 57.5 Å². The number of halogens is 2. The molecule has 0 saturated heterocycles. The molecule has 0 aliphatic heterocycles. The van der Waals surface area contributed by atoms with E-state index in [1.807, 2.05) is 6.92 Å². The van der Waals surface area contributed by atoms with E-state index in [-0.39, 0.29) is 18.1 Å². The highest BCUT2D eigenvalue weighted by atomic mass is 35.5. The van der Waals surface area contributed by atoms with Crippen molar-refractivity contribution in [3.63, 3.8) is 0 Å². The summed E-state index contributed by atoms with van der Waals surface area (Å²) in [6.45, 7) is 2.67. The maximum Gasteiger partial charge on any atom is 0.328 e. The molecule has 1 aromatic carbocycles. The normalized spacial score (nSPS) is 10.8. The highest BCUT2D eigenvalue weighted by Gasteiger charge is 2.07. The summed E-state index contributed by atoms with van der Waals surface area (Å²) in [5.74, 6) is -0.356. The van der Waals surface area contributed by atoms with Crippen molar-refractivity contribution in [1.29, 1.82) is 0 Å². The molecule has 0 amide bonds. The summed E-state index contributed by atoms with van der Waals surface area (Å²) < 4.78 is 16.5. The van der Waals surface area contributed by atoms with Crippen molar-refractivity contribution in [3.8, 4) is 0 Å². The monoisotopic (exact) mass is 254 g/mol. The molecule has 17 heavy (non-hydrogen) atoms. The van der Waals surface area contributed by atoms with Crippen LogP contribution in [0.2, 0.25) is 5.02 Å². The minimum absolute atomic E-state index is 0.146. The topological polar surface area (TPSA) is 26.9 Å². The van der Waals surface area contributed by atoms with Gasteiger partial charge in [0.25, 0.3) is 0 Å². The smallest absolute Gasteiger partial charge is 0.300 e. The Balaban J connectivity index is 2.34. The summed E-state index contributed by atoms with van der Waals surface area (Å²) in [5, 5.41) is 0.462. The van der Waals surface area contributed by atoms with Gasteiger partial charge in [-0.2, -0.15) is 0 Å². The highest BCUT2D eigenvalue weighted by Crippen LogP contribution is 2.15. The standard InChI is InChI=1S/C12H12ClFN2O/c1-2-15-5-6-16(12(15)17)8-9-7-10(13)3-4-11(9)14/h3-7H,2,8H2,1H3. The first-order valence-electron chi connectivity index (χ1n) is 5.31. The third kappa shape index (κ3) is 2.42. The van der Waals surface area contributed by atoms with Crippen molar-refractivity contribution < 1.29 is 4.39 Å². The summed E-state index contributed by atoms with van der Waals surface area (Å²) in [7, 11) is 0. The molecule has 5 heteroatoms. The Bertz CT molecular complexity index is 588. The van der Waals surface area contributed by atoms with Gasteiger partial charge < -0.3 is 0 Å². The minimum Gasteiger partial charge on any atom is -0.300 e. The molecule has 0 fully saturated rings. The molecule has 0 aliphatic rings. The molecule has 0 aliphatic carbocycles. The van der Waals surface area contributed by atoms with Gasteiger partial charge in [0.2, 0.25) is 0 Å². The summed E-state index contributed by atoms with van der Waals surface area (Å²) in [6.07, 6.45) is 3.33. The molecule has 2 aromatic rings. The van der Waals surface area contributed by atoms with Crippen LogP contribution in [0, 0.1) is 5.82 Å². The SMILES string of the molecule is CCn1ccn(Cc2cc(Cl)ccc2F)c1=O. The van der Waals surface area contributed by atoms with E-state index in [4.69, 9.17) is 11.6 Å². The molecule has 0 saturated carbocycles. The number of hydrogen-bond acceptors (Lipinski definition) is 1. The first-order chi connectivity index (χ1) is 8.11. The Morgan fingerprint density at radius 3 is 2.65 bits per heavy atom. The molecule has 0 radical (unpaired) electrons. The number of hydrogen-bond donors (Lipinski definition) is 0. The molecule has 0 unspecified atom stereocenters. The second-order valence-corrected chi connectivity index (χ2v) is 4.17. The lowest BCUT2D eigenvalue weighted by atomic mass is 10.2. The number of aryl methyl sites for hydroxylation is 1. The van der Waals surface area contributed by atoms with E-state index in [9.17, 15) is 9.18 Å². The van der Waals surface area contributed by atoms with Crippen LogP contribution in [0.5, 0.6) is 0 Å². The van der Waals surface area contributed by atoms with Gasteiger partial charge in [-0.25, -0.2) is 9.18 Å². The molecule has 1 heterocycles. The predicted octanol–water partition coefficient (Wildman–Crippen LogP) is 2.51. The van der Waals surface area contributed by atoms with Gasteiger partial charge in [0, 0.05) is 29.5 Å². The van der Waals surface area contributed by atoms with Gasteiger partial charge >= 0.3 is 5.69 Å². The predicted molar refractivity (Wildman–Crippen MR) is 64.9 cm³/mol. The number of benzene rings is 1. The molecule has 2 rings (SSSR count). The van der Waals surface area contributed by atoms with Crippen LogP contribution in [0.4, 0.5) is 4.39 Å². The third-order valence-electron chi connectivity index (χ3n) is 2.61. The Morgan fingerprint density at radius 2 is 2.00 bits per heavy atom. The second-order valence-electron chi connectivity index (χ2n) is 3.73. The van der Waals surface area contributed by atoms with Crippen molar-refractivity contribution in [2.75, 3.05) is 0 Å². The van der Waals surface area contributed by atoms with Crippen LogP contribution in [0.1, 0.15) is 12.5 Å². The van der Waals surface area contributed by atoms with Gasteiger partial charge in [-0.1, -0.05) is 11.6 Å². The summed E-state index contributed by atoms with van der Waals surface area (Å²) >= 11 is 5.80. The lowest BCUT2D eigenvalue weighted by Gasteiger charge is -2.04. The molecule has 0 atom stereocenters. The lowest BCUT2D eigenvalue weighted by molar-refractivity contribution is 0.591. The van der Waals surface area contributed by atoms with E-state index in [1.54, 1.807) is 17.0 Å². The van der Waals surface area contributed by atoms with Crippen LogP contribution >= 0.6 is 11.6 Å². The van der Waals surface area contributed by atoms with Gasteiger partial charge in [0.15, 0.2) is 0 Å². The average molecular weight is 255 g/mol. The highest BCUT2D eigenvalue weighted by molar-refractivity contribution is 6.30. The van der Waals surface area contributed by atoms with Crippen molar-refractivity contribution in [1.82, 2.24) is 9.13 Å². The molecule has 90 valence electrons. The van der Waals surface area contributed by atoms with Gasteiger partial charge in [-0.3, -0.25) is 9.13 Å². The van der Waals surface area contributed by atoms with Crippen molar-refractivity contribution >= 4 is 11.6 Å². The zero-order valence-corrected chi connectivity index (χ0v) is 10.1. The first kappa shape index (κ1) is 11.9. The van der Waals surface area contributed by atoms with Crippen molar-refractivity contribution in [2.45, 2.75) is 20.0 Å². The van der Waals surface area contributed by atoms with E-state index in [0.29, 0.717) is 17.1 Å². The zero-order chi connectivity index (χ0) is 12.4. The molecule has 0 spiro atoms. The fraction of sp³-hybridized carbons (Fsp3) is 0.250. The van der Waals surface area contributed by atoms with Crippen LogP contribution in [0.25, 0.3) is 0 Å². The molecular weight excluding hydrogens is 243 g/mol. The lowest BCUT2D eigenvalue weighted by Crippen LogP contribution is -2.24. The van der Waals surface area contributed by atoms with Gasteiger partial charge in [0.1, 0.15) is 5.82 Å². The van der Waals surface area contributed by atoms with Gasteiger partial charge in [0.05, 0.1) is 6.54 Å². The fourth-order valence-corrected chi connectivity index (χ4v) is 1.86. The number of imidazole rings is 1. The average Bonchev–Trinajstić information content (AvgIpc) is 2.65. The fourth-order valence-electron chi connectivity index (χ4n) is 1.66. The summed E-state index contributed by atoms with van der Waals surface area (Å²) in [6, 6.07) is 4.33. The second kappa shape index (κ2) is 4.75. The summed E-state index contributed by atoms with van der Waals surface area (Å²) in [4.78, 5) is 11.8. The van der Waals surface area contributed by atoms with Crippen LogP contribution in [-0.2, 0) is 13.1 Å². The Morgan fingerprint density at radius 1 is 1.29 bits per heavy atom. The van der Waals surface area contributed by atoms with Gasteiger partial charge in [-0.05, 0) is 25.1 Å². The van der Waals surface area contributed by atoms with Gasteiger partial charge in [-0.15, -0.1) is 0 Å². The Labute approximate surface area is 103 Å². The van der Waals surface area contributed by atoms with Crippen LogP contribution in [-0.4, -0.2) is 9.13 Å². The Kier molecular flexibility index (Phi) is 3.33. The third-order valence-corrected chi connectivity index (χ3v) is 2.84. The molecule has 0 bridgehead atoms. The van der Waals surface area contributed by atoms with Crippen LogP contribution in [0.3, 0.4) is 0 Å². The van der Waals surface area contributed by atoms with E-state index in [0.717, 1.165) is 0 Å². The molecular formula is C12H12ClFN2O. The molecule has 1 aromatic heterocycles. The number of aromatic nitrogens is 2. The van der Waals surface area contributed by atoms with E-state index >= 15 is 0 Å². The first-order valence-corrected chi connectivity index (χ1v) is 5.69. The number of nitrogens with zero attached hydrogens (tertiary/aromatic N) is 2. The van der Waals surface area contributed by atoms with E-state index in [2.05, 4.69) is 0 Å². The Hall–Kier alpha value is -1.55.